The molecule has 2 aliphatic heterocycles. The molecule has 0 bridgehead atoms. The number of nitrogens with zero attached hydrogens (tertiary/aromatic N) is 2. The van der Waals surface area contributed by atoms with Gasteiger partial charge in [-0.15, -0.1) is 0 Å². The van der Waals surface area contributed by atoms with Crippen molar-refractivity contribution >= 4 is 5.97 Å². The number of ether oxygens (including phenoxy) is 6. The maximum absolute atomic E-state index is 12.8. The second kappa shape index (κ2) is 14.2. The number of aromatic nitrogens is 3. The second-order valence-corrected chi connectivity index (χ2v) is 11.9. The Labute approximate surface area is 277 Å². The Kier molecular flexibility index (Phi) is 9.88. The number of carbonyl (C=O) groups excluding carboxylic acids is 1. The van der Waals surface area contributed by atoms with Gasteiger partial charge in [-0.25, -0.2) is 4.79 Å². The van der Waals surface area contributed by atoms with Crippen LogP contribution in [0.3, 0.4) is 0 Å². The maximum Gasteiger partial charge on any atom is 0.347 e. The molecule has 12 heteroatoms. The van der Waals surface area contributed by atoms with Gasteiger partial charge in [0.25, 0.3) is 5.56 Å². The zero-order valence-corrected chi connectivity index (χ0v) is 27.1. The van der Waals surface area contributed by atoms with Gasteiger partial charge in [-0.1, -0.05) is 72.8 Å². The normalized spacial score (nSPS) is 23.7. The molecule has 0 aliphatic carbocycles. The van der Waals surface area contributed by atoms with Crippen molar-refractivity contribution in [3.05, 3.63) is 129 Å². The number of rotatable bonds is 12. The molecular weight excluding hydrogens is 618 g/mol. The Balaban J connectivity index is 1.38. The minimum absolute atomic E-state index is 0.00288. The van der Waals surface area contributed by atoms with Crippen LogP contribution in [0.15, 0.2) is 101 Å². The molecule has 4 aromatic rings. The van der Waals surface area contributed by atoms with Crippen LogP contribution >= 0.6 is 0 Å². The van der Waals surface area contributed by atoms with Crippen LogP contribution in [0.25, 0.3) is 0 Å². The second-order valence-electron chi connectivity index (χ2n) is 11.9. The van der Waals surface area contributed by atoms with Crippen LogP contribution in [-0.2, 0) is 34.1 Å². The zero-order chi connectivity index (χ0) is 33.7. The molecule has 48 heavy (non-hydrogen) atoms. The van der Waals surface area contributed by atoms with E-state index in [1.54, 1.807) is 21.0 Å². The first-order valence-corrected chi connectivity index (χ1v) is 16.0. The average Bonchev–Trinajstić information content (AvgIpc) is 3.45. The van der Waals surface area contributed by atoms with E-state index in [1.165, 1.54) is 0 Å². The van der Waals surface area contributed by atoms with E-state index in [0.29, 0.717) is 5.75 Å². The van der Waals surface area contributed by atoms with Crippen molar-refractivity contribution in [3.63, 3.8) is 0 Å². The van der Waals surface area contributed by atoms with Crippen LogP contribution in [0.1, 0.15) is 56.0 Å². The molecule has 1 N–H and O–H groups in total. The predicted octanol–water partition coefficient (Wildman–Crippen LogP) is 4.08. The first-order valence-electron chi connectivity index (χ1n) is 16.0. The minimum Gasteiger partial charge on any atom is -0.497 e. The van der Waals surface area contributed by atoms with Crippen LogP contribution in [0.4, 0.5) is 0 Å². The molecular formula is C36H39N3O9. The summed E-state index contributed by atoms with van der Waals surface area (Å²) in [4.78, 5) is 39.1. The largest absolute Gasteiger partial charge is 0.497 e. The molecule has 6 rings (SSSR count). The molecule has 5 atom stereocenters. The molecule has 2 fully saturated rings. The number of aromatic amines is 1. The van der Waals surface area contributed by atoms with Gasteiger partial charge < -0.3 is 28.4 Å². The summed E-state index contributed by atoms with van der Waals surface area (Å²) in [5.41, 5.74) is 0.187. The van der Waals surface area contributed by atoms with E-state index in [4.69, 9.17) is 28.4 Å². The SMILES string of the molecule is CCOC(=O)CC[C@@]1(C)OC2C[C@H](n3ncc(=O)[nH]c3=O)O[C@H](COC(c3ccccc3)(c3ccccc3)c3ccc(OC)cc3)[C@H]2O1. The lowest BCUT2D eigenvalue weighted by molar-refractivity contribution is -0.200. The van der Waals surface area contributed by atoms with Gasteiger partial charge in [0.2, 0.25) is 0 Å². The smallest absolute Gasteiger partial charge is 0.347 e. The minimum atomic E-state index is -1.13. The fourth-order valence-corrected chi connectivity index (χ4v) is 6.48. The summed E-state index contributed by atoms with van der Waals surface area (Å²) in [6, 6.07) is 27.5. The highest BCUT2D eigenvalue weighted by molar-refractivity contribution is 5.69. The average molecular weight is 658 g/mol. The molecule has 2 aliphatic rings. The molecule has 12 nitrogen and oxygen atoms in total. The summed E-state index contributed by atoms with van der Waals surface area (Å²) in [6.07, 6.45) is -1.25. The third-order valence-electron chi connectivity index (χ3n) is 8.70. The van der Waals surface area contributed by atoms with Crippen molar-refractivity contribution in [3.8, 4) is 5.75 Å². The first kappa shape index (κ1) is 33.3. The number of H-pyrrole nitrogens is 1. The summed E-state index contributed by atoms with van der Waals surface area (Å²) >= 11 is 0. The van der Waals surface area contributed by atoms with Crippen LogP contribution in [-0.4, -0.2) is 65.2 Å². The number of methoxy groups -OCH3 is 1. The highest BCUT2D eigenvalue weighted by Gasteiger charge is 2.53. The summed E-state index contributed by atoms with van der Waals surface area (Å²) in [5.74, 6) is -0.783. The molecule has 2 saturated heterocycles. The molecule has 0 spiro atoms. The van der Waals surface area contributed by atoms with Gasteiger partial charge in [0.15, 0.2) is 12.0 Å². The topological polar surface area (TPSA) is 140 Å². The molecule has 0 radical (unpaired) electrons. The number of carbonyl (C=O) groups is 1. The van der Waals surface area contributed by atoms with Crippen molar-refractivity contribution < 1.29 is 33.2 Å². The van der Waals surface area contributed by atoms with Crippen LogP contribution in [0.5, 0.6) is 5.75 Å². The molecule has 252 valence electrons. The Morgan fingerprint density at radius 1 is 0.979 bits per heavy atom. The van der Waals surface area contributed by atoms with E-state index >= 15 is 0 Å². The highest BCUT2D eigenvalue weighted by atomic mass is 16.8. The molecule has 3 heterocycles. The number of hydrogen-bond acceptors (Lipinski definition) is 10. The van der Waals surface area contributed by atoms with Crippen molar-refractivity contribution in [2.24, 2.45) is 0 Å². The fourth-order valence-electron chi connectivity index (χ4n) is 6.48. The monoisotopic (exact) mass is 657 g/mol. The third kappa shape index (κ3) is 6.83. The van der Waals surface area contributed by atoms with Crippen molar-refractivity contribution in [1.29, 1.82) is 0 Å². The Bertz CT molecular complexity index is 1760. The lowest BCUT2D eigenvalue weighted by Crippen LogP contribution is -2.51. The quantitative estimate of drug-likeness (QED) is 0.175. The number of fused-ring (bicyclic) bond motifs is 1. The standard InChI is InChI=1S/C36H39N3O9/c1-4-44-32(41)19-20-35(2)47-28-21-31(39-34(42)38-30(40)22-37-39)46-29(33(28)48-35)23-45-36(24-11-7-5-8-12-24,25-13-9-6-10-14-25)26-15-17-27(43-3)18-16-26/h5-18,22,28-29,31,33H,4,19-21,23H2,1-3H3,(H,38,40,42)/t28?,29-,31-,33+,35+/m1/s1. The van der Waals surface area contributed by atoms with Gasteiger partial charge in [-0.3, -0.25) is 14.6 Å². The Morgan fingerprint density at radius 2 is 1.62 bits per heavy atom. The number of esters is 1. The van der Waals surface area contributed by atoms with Crippen LogP contribution < -0.4 is 16.0 Å². The zero-order valence-electron chi connectivity index (χ0n) is 27.1. The highest BCUT2D eigenvalue weighted by Crippen LogP contribution is 2.45. The van der Waals surface area contributed by atoms with Crippen molar-refractivity contribution in [1.82, 2.24) is 14.8 Å². The summed E-state index contributed by atoms with van der Waals surface area (Å²) in [7, 11) is 1.62. The van der Waals surface area contributed by atoms with E-state index in [2.05, 4.69) is 10.1 Å². The van der Waals surface area contributed by atoms with Crippen LogP contribution in [0.2, 0.25) is 0 Å². The molecule has 1 unspecified atom stereocenters. The van der Waals surface area contributed by atoms with E-state index in [0.717, 1.165) is 27.6 Å². The molecule has 0 saturated carbocycles. The maximum atomic E-state index is 12.8. The summed E-state index contributed by atoms with van der Waals surface area (Å²) < 4.78 is 38.3. The Morgan fingerprint density at radius 3 is 2.23 bits per heavy atom. The number of nitrogens with one attached hydrogen (secondary N) is 1. The number of hydrogen-bond donors (Lipinski definition) is 1. The molecule has 1 aromatic heterocycles. The lowest BCUT2D eigenvalue weighted by Gasteiger charge is -2.40. The van der Waals surface area contributed by atoms with Crippen LogP contribution in [0, 0.1) is 0 Å². The van der Waals surface area contributed by atoms with Gasteiger partial charge in [-0.2, -0.15) is 9.78 Å². The van der Waals surface area contributed by atoms with Crippen molar-refractivity contribution in [2.45, 2.75) is 69.0 Å². The third-order valence-corrected chi connectivity index (χ3v) is 8.70. The van der Waals surface area contributed by atoms with E-state index < -0.39 is 47.2 Å². The summed E-state index contributed by atoms with van der Waals surface area (Å²) in [6.45, 7) is 3.81. The molecule has 3 aromatic carbocycles. The van der Waals surface area contributed by atoms with Gasteiger partial charge in [0, 0.05) is 12.8 Å². The van der Waals surface area contributed by atoms with Crippen molar-refractivity contribution in [2.75, 3.05) is 20.3 Å². The Hall–Kier alpha value is -4.62. The van der Waals surface area contributed by atoms with E-state index in [1.807, 2.05) is 84.9 Å². The molecule has 0 amide bonds. The summed E-state index contributed by atoms with van der Waals surface area (Å²) in [5, 5.41) is 4.06. The van der Waals surface area contributed by atoms with Gasteiger partial charge in [-0.05, 0) is 42.7 Å². The van der Waals surface area contributed by atoms with E-state index in [9.17, 15) is 14.4 Å². The van der Waals surface area contributed by atoms with Gasteiger partial charge in [0.05, 0.1) is 32.8 Å². The lowest BCUT2D eigenvalue weighted by atomic mass is 9.80. The first-order chi connectivity index (χ1) is 23.2. The van der Waals surface area contributed by atoms with Gasteiger partial charge >= 0.3 is 11.7 Å². The van der Waals surface area contributed by atoms with Gasteiger partial charge in [0.1, 0.15) is 29.8 Å². The van der Waals surface area contributed by atoms with E-state index in [-0.39, 0.29) is 38.4 Å². The predicted molar refractivity (Wildman–Crippen MR) is 173 cm³/mol. The number of benzene rings is 3. The fraction of sp³-hybridized carbons (Fsp3) is 0.389.